The van der Waals surface area contributed by atoms with Crippen LogP contribution in [-0.4, -0.2) is 29.1 Å². The lowest BCUT2D eigenvalue weighted by atomic mass is 10.3. The molecule has 1 amide bonds. The Morgan fingerprint density at radius 2 is 2.05 bits per heavy atom. The number of anilines is 1. The topological polar surface area (TPSA) is 68.2 Å². The average Bonchev–Trinajstić information content (AvgIpc) is 2.84. The lowest BCUT2D eigenvalue weighted by Crippen LogP contribution is -2.24. The van der Waals surface area contributed by atoms with Gasteiger partial charge in [-0.1, -0.05) is 0 Å². The van der Waals surface area contributed by atoms with Crippen molar-refractivity contribution in [3.63, 3.8) is 0 Å². The second kappa shape index (κ2) is 8.28. The molecule has 0 saturated heterocycles. The van der Waals surface area contributed by atoms with E-state index in [1.54, 1.807) is 25.4 Å². The summed E-state index contributed by atoms with van der Waals surface area (Å²) in [6, 6.07) is 7.25. The van der Waals surface area contributed by atoms with Gasteiger partial charge < -0.3 is 19.9 Å². The zero-order chi connectivity index (χ0) is 14.4. The Labute approximate surface area is 129 Å². The summed E-state index contributed by atoms with van der Waals surface area (Å²) in [6.45, 7) is 0.701. The number of imidazole rings is 1. The van der Waals surface area contributed by atoms with Crippen LogP contribution >= 0.6 is 12.4 Å². The number of hydrogen-bond donors (Lipinski definition) is 2. The number of aromatic nitrogens is 2. The van der Waals surface area contributed by atoms with Crippen LogP contribution in [0, 0.1) is 0 Å². The van der Waals surface area contributed by atoms with Crippen LogP contribution < -0.4 is 15.4 Å². The van der Waals surface area contributed by atoms with Crippen LogP contribution in [-0.2, 0) is 18.4 Å². The first kappa shape index (κ1) is 17.0. The number of hydrogen-bond acceptors (Lipinski definition) is 4. The number of benzene rings is 1. The second-order valence-electron chi connectivity index (χ2n) is 4.35. The largest absolute Gasteiger partial charge is 0.486 e. The molecule has 2 N–H and O–H groups in total. The number of carbonyl (C=O) groups excluding carboxylic acids is 1. The zero-order valence-corrected chi connectivity index (χ0v) is 12.8. The van der Waals surface area contributed by atoms with Crippen LogP contribution in [0.5, 0.6) is 5.75 Å². The Morgan fingerprint density at radius 1 is 1.33 bits per heavy atom. The highest BCUT2D eigenvalue weighted by Gasteiger charge is 2.02. The lowest BCUT2D eigenvalue weighted by molar-refractivity contribution is -0.115. The van der Waals surface area contributed by atoms with Gasteiger partial charge in [-0.15, -0.1) is 12.4 Å². The van der Waals surface area contributed by atoms with Gasteiger partial charge in [0.1, 0.15) is 18.2 Å². The molecule has 2 rings (SSSR count). The van der Waals surface area contributed by atoms with E-state index in [0.717, 1.165) is 17.3 Å². The fourth-order valence-electron chi connectivity index (χ4n) is 1.68. The average molecular weight is 311 g/mol. The molecule has 0 radical (unpaired) electrons. The smallest absolute Gasteiger partial charge is 0.238 e. The minimum Gasteiger partial charge on any atom is -0.486 e. The number of nitrogens with zero attached hydrogens (tertiary/aromatic N) is 2. The van der Waals surface area contributed by atoms with Crippen LogP contribution in [0.25, 0.3) is 0 Å². The van der Waals surface area contributed by atoms with Crippen molar-refractivity contribution in [2.24, 2.45) is 7.05 Å². The maximum absolute atomic E-state index is 11.4. The Morgan fingerprint density at radius 3 is 2.62 bits per heavy atom. The molecule has 1 aromatic carbocycles. The third-order valence-electron chi connectivity index (χ3n) is 2.76. The summed E-state index contributed by atoms with van der Waals surface area (Å²) in [4.78, 5) is 15.6. The van der Waals surface area contributed by atoms with Gasteiger partial charge >= 0.3 is 0 Å². The van der Waals surface area contributed by atoms with E-state index < -0.39 is 0 Å². The van der Waals surface area contributed by atoms with E-state index in [2.05, 4.69) is 15.6 Å². The second-order valence-corrected chi connectivity index (χ2v) is 4.35. The third kappa shape index (κ3) is 5.09. The van der Waals surface area contributed by atoms with Crippen LogP contribution in [0.2, 0.25) is 0 Å². The first-order valence-electron chi connectivity index (χ1n) is 6.32. The van der Waals surface area contributed by atoms with Gasteiger partial charge in [0.05, 0.1) is 6.54 Å². The number of ether oxygens (including phenoxy) is 1. The summed E-state index contributed by atoms with van der Waals surface area (Å²) >= 11 is 0. The number of halogens is 1. The standard InChI is InChI=1S/C14H18N4O2.ClH/c1-15-9-14(19)17-11-3-5-12(6-4-11)20-10-13-16-7-8-18(13)2;/h3-8,15H,9-10H2,1-2H3,(H,17,19);1H. The zero-order valence-electron chi connectivity index (χ0n) is 12.0. The van der Waals surface area contributed by atoms with Crippen molar-refractivity contribution in [1.29, 1.82) is 0 Å². The molecular formula is C14H19ClN4O2. The fourth-order valence-corrected chi connectivity index (χ4v) is 1.68. The van der Waals surface area contributed by atoms with E-state index in [4.69, 9.17) is 4.74 Å². The summed E-state index contributed by atoms with van der Waals surface area (Å²) < 4.78 is 7.54. The van der Waals surface area contributed by atoms with Gasteiger partial charge in [0, 0.05) is 25.1 Å². The Bertz CT molecular complexity index is 569. The van der Waals surface area contributed by atoms with Gasteiger partial charge in [-0.3, -0.25) is 4.79 Å². The first-order valence-corrected chi connectivity index (χ1v) is 6.32. The number of amides is 1. The quantitative estimate of drug-likeness (QED) is 0.850. The Balaban J connectivity index is 0.00000220. The molecule has 114 valence electrons. The van der Waals surface area contributed by atoms with E-state index >= 15 is 0 Å². The first-order chi connectivity index (χ1) is 9.69. The molecule has 0 bridgehead atoms. The molecule has 0 aliphatic carbocycles. The van der Waals surface area contributed by atoms with E-state index in [-0.39, 0.29) is 24.9 Å². The number of rotatable bonds is 6. The predicted octanol–water partition coefficient (Wildman–Crippen LogP) is 1.58. The Kier molecular flexibility index (Phi) is 6.71. The Hall–Kier alpha value is -2.05. The molecule has 0 atom stereocenters. The third-order valence-corrected chi connectivity index (χ3v) is 2.76. The molecular weight excluding hydrogens is 292 g/mol. The number of carbonyl (C=O) groups is 1. The van der Waals surface area contributed by atoms with E-state index in [9.17, 15) is 4.79 Å². The molecule has 0 aliphatic heterocycles. The highest BCUT2D eigenvalue weighted by Crippen LogP contribution is 2.16. The molecule has 1 aromatic heterocycles. The minimum absolute atomic E-state index is 0. The van der Waals surface area contributed by atoms with Crippen molar-refractivity contribution in [2.45, 2.75) is 6.61 Å². The van der Waals surface area contributed by atoms with Gasteiger partial charge in [0.2, 0.25) is 5.91 Å². The maximum atomic E-state index is 11.4. The molecule has 1 heterocycles. The van der Waals surface area contributed by atoms with Gasteiger partial charge in [-0.25, -0.2) is 4.98 Å². The molecule has 7 heteroatoms. The highest BCUT2D eigenvalue weighted by molar-refractivity contribution is 5.92. The van der Waals surface area contributed by atoms with Crippen molar-refractivity contribution < 1.29 is 9.53 Å². The SMILES string of the molecule is CNCC(=O)Nc1ccc(OCc2nccn2C)cc1.Cl. The van der Waals surface area contributed by atoms with Gasteiger partial charge in [-0.2, -0.15) is 0 Å². The fraction of sp³-hybridized carbons (Fsp3) is 0.286. The molecule has 0 spiro atoms. The van der Waals surface area contributed by atoms with Gasteiger partial charge in [0.25, 0.3) is 0 Å². The van der Waals surface area contributed by atoms with Crippen LogP contribution in [0.1, 0.15) is 5.82 Å². The molecule has 21 heavy (non-hydrogen) atoms. The predicted molar refractivity (Wildman–Crippen MR) is 83.8 cm³/mol. The molecule has 2 aromatic rings. The summed E-state index contributed by atoms with van der Waals surface area (Å²) in [6.07, 6.45) is 3.61. The van der Waals surface area contributed by atoms with Gasteiger partial charge in [0.15, 0.2) is 0 Å². The molecule has 0 fully saturated rings. The van der Waals surface area contributed by atoms with E-state index in [1.165, 1.54) is 0 Å². The monoisotopic (exact) mass is 310 g/mol. The normalized spacial score (nSPS) is 9.81. The van der Waals surface area contributed by atoms with Crippen molar-refractivity contribution in [1.82, 2.24) is 14.9 Å². The summed E-state index contributed by atoms with van der Waals surface area (Å²) in [5, 5.41) is 5.57. The van der Waals surface area contributed by atoms with Crippen LogP contribution in [0.3, 0.4) is 0 Å². The number of likely N-dealkylation sites (N-methyl/N-ethyl adjacent to an activating group) is 1. The summed E-state index contributed by atoms with van der Waals surface area (Å²) in [5.74, 6) is 1.52. The highest BCUT2D eigenvalue weighted by atomic mass is 35.5. The number of aryl methyl sites for hydroxylation is 1. The summed E-state index contributed by atoms with van der Waals surface area (Å²) in [5.41, 5.74) is 0.745. The van der Waals surface area contributed by atoms with Crippen molar-refractivity contribution in [2.75, 3.05) is 18.9 Å². The molecule has 0 saturated carbocycles. The van der Waals surface area contributed by atoms with E-state index in [0.29, 0.717) is 6.61 Å². The van der Waals surface area contributed by atoms with Crippen LogP contribution in [0.4, 0.5) is 5.69 Å². The van der Waals surface area contributed by atoms with Crippen LogP contribution in [0.15, 0.2) is 36.7 Å². The molecule has 0 unspecified atom stereocenters. The number of nitrogens with one attached hydrogen (secondary N) is 2. The lowest BCUT2D eigenvalue weighted by Gasteiger charge is -2.08. The van der Waals surface area contributed by atoms with Crippen molar-refractivity contribution in [3.05, 3.63) is 42.5 Å². The minimum atomic E-state index is -0.0748. The molecule has 6 nitrogen and oxygen atoms in total. The van der Waals surface area contributed by atoms with Crippen molar-refractivity contribution in [3.8, 4) is 5.75 Å². The maximum Gasteiger partial charge on any atom is 0.238 e. The van der Waals surface area contributed by atoms with Gasteiger partial charge in [-0.05, 0) is 31.3 Å². The summed E-state index contributed by atoms with van der Waals surface area (Å²) in [7, 11) is 3.65. The van der Waals surface area contributed by atoms with Crippen molar-refractivity contribution >= 4 is 24.0 Å². The van der Waals surface area contributed by atoms with E-state index in [1.807, 2.05) is 29.9 Å². The molecule has 0 aliphatic rings.